The van der Waals surface area contributed by atoms with E-state index in [-0.39, 0.29) is 12.0 Å². The predicted molar refractivity (Wildman–Crippen MR) is 51.2 cm³/mol. The molecule has 3 heteroatoms. The third-order valence-corrected chi connectivity index (χ3v) is 2.71. The van der Waals surface area contributed by atoms with Crippen LogP contribution in [0.2, 0.25) is 0 Å². The Labute approximate surface area is 81.9 Å². The SMILES string of the molecule is NC1(c2ccc(CC(F)F)cc2)CC1. The highest BCUT2D eigenvalue weighted by Gasteiger charge is 2.39. The van der Waals surface area contributed by atoms with Crippen LogP contribution in [0.4, 0.5) is 8.78 Å². The molecule has 0 bridgehead atoms. The van der Waals surface area contributed by atoms with Gasteiger partial charge in [-0.3, -0.25) is 0 Å². The summed E-state index contributed by atoms with van der Waals surface area (Å²) in [5, 5.41) is 0. The smallest absolute Gasteiger partial charge is 0.242 e. The zero-order chi connectivity index (χ0) is 10.2. The second kappa shape index (κ2) is 3.31. The second-order valence-corrected chi connectivity index (χ2v) is 3.95. The van der Waals surface area contributed by atoms with Crippen molar-refractivity contribution in [1.82, 2.24) is 0 Å². The van der Waals surface area contributed by atoms with Gasteiger partial charge in [0.25, 0.3) is 0 Å². The van der Waals surface area contributed by atoms with Crippen molar-refractivity contribution in [2.75, 3.05) is 0 Å². The minimum atomic E-state index is -2.27. The number of hydrogen-bond donors (Lipinski definition) is 1. The molecule has 1 saturated carbocycles. The lowest BCUT2D eigenvalue weighted by Gasteiger charge is -2.09. The Bertz CT molecular complexity index is 315. The van der Waals surface area contributed by atoms with Crippen molar-refractivity contribution < 1.29 is 8.78 Å². The summed E-state index contributed by atoms with van der Waals surface area (Å²) in [6.07, 6.45) is -0.436. The van der Waals surface area contributed by atoms with Crippen LogP contribution in [0.15, 0.2) is 24.3 Å². The van der Waals surface area contributed by atoms with Gasteiger partial charge in [-0.25, -0.2) is 8.78 Å². The van der Waals surface area contributed by atoms with E-state index in [0.29, 0.717) is 5.56 Å². The molecule has 0 radical (unpaired) electrons. The van der Waals surface area contributed by atoms with Crippen LogP contribution in [0.3, 0.4) is 0 Å². The monoisotopic (exact) mass is 197 g/mol. The lowest BCUT2D eigenvalue weighted by atomic mass is 10.0. The number of benzene rings is 1. The Balaban J connectivity index is 2.10. The van der Waals surface area contributed by atoms with Gasteiger partial charge in [0, 0.05) is 12.0 Å². The van der Waals surface area contributed by atoms with E-state index in [4.69, 9.17) is 5.73 Å². The molecule has 1 aromatic carbocycles. The van der Waals surface area contributed by atoms with Crippen LogP contribution in [-0.4, -0.2) is 6.43 Å². The summed E-state index contributed by atoms with van der Waals surface area (Å²) in [6.45, 7) is 0. The standard InChI is InChI=1S/C11H13F2N/c12-10(13)7-8-1-3-9(4-2-8)11(14)5-6-11/h1-4,10H,5-7,14H2. The normalized spacial score (nSPS) is 18.6. The first-order valence-corrected chi connectivity index (χ1v) is 4.77. The van der Waals surface area contributed by atoms with Crippen LogP contribution < -0.4 is 5.73 Å². The molecule has 2 rings (SSSR count). The summed E-state index contributed by atoms with van der Waals surface area (Å²) < 4.78 is 24.1. The molecule has 0 heterocycles. The molecular weight excluding hydrogens is 184 g/mol. The van der Waals surface area contributed by atoms with E-state index in [1.165, 1.54) is 0 Å². The number of hydrogen-bond acceptors (Lipinski definition) is 1. The van der Waals surface area contributed by atoms with Crippen LogP contribution in [0.25, 0.3) is 0 Å². The molecule has 0 aromatic heterocycles. The average Bonchev–Trinajstić information content (AvgIpc) is 2.85. The third kappa shape index (κ3) is 1.93. The molecule has 2 N–H and O–H groups in total. The van der Waals surface area contributed by atoms with Crippen LogP contribution in [0.5, 0.6) is 0 Å². The van der Waals surface area contributed by atoms with Gasteiger partial charge in [-0.05, 0) is 24.0 Å². The van der Waals surface area contributed by atoms with Gasteiger partial charge in [0.05, 0.1) is 0 Å². The van der Waals surface area contributed by atoms with E-state index in [1.54, 1.807) is 12.1 Å². The largest absolute Gasteiger partial charge is 0.321 e. The first-order chi connectivity index (χ1) is 6.60. The van der Waals surface area contributed by atoms with E-state index >= 15 is 0 Å². The summed E-state index contributed by atoms with van der Waals surface area (Å²) in [5.74, 6) is 0. The van der Waals surface area contributed by atoms with Crippen molar-refractivity contribution in [3.8, 4) is 0 Å². The zero-order valence-corrected chi connectivity index (χ0v) is 7.84. The molecule has 0 atom stereocenters. The highest BCUT2D eigenvalue weighted by atomic mass is 19.3. The Morgan fingerprint density at radius 3 is 2.21 bits per heavy atom. The van der Waals surface area contributed by atoms with E-state index in [0.717, 1.165) is 18.4 Å². The maximum Gasteiger partial charge on any atom is 0.242 e. The molecular formula is C11H13F2N. The maximum absolute atomic E-state index is 12.0. The minimum absolute atomic E-state index is 0.163. The fraction of sp³-hybridized carbons (Fsp3) is 0.455. The number of nitrogens with two attached hydrogens (primary N) is 1. The van der Waals surface area contributed by atoms with Crippen molar-refractivity contribution in [2.45, 2.75) is 31.2 Å². The van der Waals surface area contributed by atoms with Crippen LogP contribution in [-0.2, 0) is 12.0 Å². The van der Waals surface area contributed by atoms with Crippen molar-refractivity contribution >= 4 is 0 Å². The first kappa shape index (κ1) is 9.59. The van der Waals surface area contributed by atoms with Gasteiger partial charge < -0.3 is 5.73 Å². The van der Waals surface area contributed by atoms with Crippen LogP contribution in [0, 0.1) is 0 Å². The second-order valence-electron chi connectivity index (χ2n) is 3.95. The van der Waals surface area contributed by atoms with E-state index in [1.807, 2.05) is 12.1 Å². The fourth-order valence-electron chi connectivity index (χ4n) is 1.57. The maximum atomic E-state index is 12.0. The van der Waals surface area contributed by atoms with Crippen molar-refractivity contribution in [2.24, 2.45) is 5.73 Å². The van der Waals surface area contributed by atoms with Crippen LogP contribution in [0.1, 0.15) is 24.0 Å². The van der Waals surface area contributed by atoms with Gasteiger partial charge >= 0.3 is 0 Å². The zero-order valence-electron chi connectivity index (χ0n) is 7.84. The van der Waals surface area contributed by atoms with Crippen molar-refractivity contribution in [3.63, 3.8) is 0 Å². The van der Waals surface area contributed by atoms with Gasteiger partial charge in [-0.2, -0.15) is 0 Å². The summed E-state index contributed by atoms with van der Waals surface area (Å²) in [5.41, 5.74) is 7.55. The lowest BCUT2D eigenvalue weighted by Crippen LogP contribution is -2.18. The quantitative estimate of drug-likeness (QED) is 0.791. The molecule has 14 heavy (non-hydrogen) atoms. The predicted octanol–water partition coefficient (Wildman–Crippen LogP) is 2.44. The minimum Gasteiger partial charge on any atom is -0.321 e. The number of rotatable bonds is 3. The molecule has 0 amide bonds. The summed E-state index contributed by atoms with van der Waals surface area (Å²) in [6, 6.07) is 7.22. The molecule has 0 aliphatic heterocycles. The molecule has 1 aliphatic rings. The van der Waals surface area contributed by atoms with Gasteiger partial charge in [0.15, 0.2) is 0 Å². The van der Waals surface area contributed by atoms with Crippen LogP contribution >= 0.6 is 0 Å². The summed E-state index contributed by atoms with van der Waals surface area (Å²) >= 11 is 0. The Kier molecular flexibility index (Phi) is 2.27. The molecule has 1 aromatic rings. The van der Waals surface area contributed by atoms with E-state index in [2.05, 4.69) is 0 Å². The first-order valence-electron chi connectivity index (χ1n) is 4.77. The summed E-state index contributed by atoms with van der Waals surface area (Å²) in [4.78, 5) is 0. The molecule has 0 unspecified atom stereocenters. The molecule has 76 valence electrons. The summed E-state index contributed by atoms with van der Waals surface area (Å²) in [7, 11) is 0. The molecule has 0 spiro atoms. The van der Waals surface area contributed by atoms with Gasteiger partial charge in [-0.1, -0.05) is 24.3 Å². The topological polar surface area (TPSA) is 26.0 Å². The Morgan fingerprint density at radius 2 is 1.79 bits per heavy atom. The lowest BCUT2D eigenvalue weighted by molar-refractivity contribution is 0.149. The third-order valence-electron chi connectivity index (χ3n) is 2.71. The molecule has 1 fully saturated rings. The Hall–Kier alpha value is -0.960. The van der Waals surface area contributed by atoms with Gasteiger partial charge in [-0.15, -0.1) is 0 Å². The van der Waals surface area contributed by atoms with Gasteiger partial charge in [0.2, 0.25) is 6.43 Å². The van der Waals surface area contributed by atoms with E-state index in [9.17, 15) is 8.78 Å². The number of alkyl halides is 2. The fourth-order valence-corrected chi connectivity index (χ4v) is 1.57. The van der Waals surface area contributed by atoms with Gasteiger partial charge in [0.1, 0.15) is 0 Å². The number of halogens is 2. The molecule has 1 nitrogen and oxygen atoms in total. The highest BCUT2D eigenvalue weighted by molar-refractivity contribution is 5.32. The highest BCUT2D eigenvalue weighted by Crippen LogP contribution is 2.42. The molecule has 1 aliphatic carbocycles. The van der Waals surface area contributed by atoms with E-state index < -0.39 is 6.43 Å². The van der Waals surface area contributed by atoms with Crippen molar-refractivity contribution in [3.05, 3.63) is 35.4 Å². The molecule has 0 saturated heterocycles. The Morgan fingerprint density at radius 1 is 1.21 bits per heavy atom. The average molecular weight is 197 g/mol. The van der Waals surface area contributed by atoms with Crippen molar-refractivity contribution in [1.29, 1.82) is 0 Å².